The van der Waals surface area contributed by atoms with Gasteiger partial charge < -0.3 is 23.8 Å². The molecule has 13 heteroatoms. The Hall–Kier alpha value is -3.03. The summed E-state index contributed by atoms with van der Waals surface area (Å²) in [6.45, 7) is 5.12. The summed E-state index contributed by atoms with van der Waals surface area (Å²) in [5.74, 6) is -0.411. The van der Waals surface area contributed by atoms with Gasteiger partial charge in [0.1, 0.15) is 28.4 Å². The Morgan fingerprint density at radius 2 is 1.96 bits per heavy atom. The lowest BCUT2D eigenvalue weighted by atomic mass is 9.70. The smallest absolute Gasteiger partial charge is 0.286 e. The van der Waals surface area contributed by atoms with E-state index in [-0.39, 0.29) is 30.1 Å². The third-order valence-electron chi connectivity index (χ3n) is 11.1. The number of hydrogen-bond acceptors (Lipinski definition) is 8. The van der Waals surface area contributed by atoms with Gasteiger partial charge in [0, 0.05) is 37.4 Å². The van der Waals surface area contributed by atoms with Gasteiger partial charge in [-0.05, 0) is 111 Å². The molecule has 3 aliphatic heterocycles. The molecular weight excluding hydrogens is 709 g/mol. The highest BCUT2D eigenvalue weighted by Crippen LogP contribution is 2.42. The minimum absolute atomic E-state index is 0.107. The summed E-state index contributed by atoms with van der Waals surface area (Å²) >= 11 is 6.46. The SMILES string of the molecule is COC1/C=C/CC(C)C(C)S(=O)(NC(=O)COC2CCOCC2F)=NC(=O)c2ccc3c(c2)N(Cc2ccc(Cl)cc2CCCCO3)CC2CCC21. The number of alkyl halides is 1. The van der Waals surface area contributed by atoms with Crippen LogP contribution >= 0.6 is 11.6 Å². The van der Waals surface area contributed by atoms with E-state index in [0.29, 0.717) is 55.8 Å². The first-order valence-corrected chi connectivity index (χ1v) is 20.4. The standard InChI is InChI=1S/C39H51ClFN3O7S/c1-25-7-6-9-35(48-3)32-14-11-30(32)22-44-21-29-10-13-31(40)19-27(29)8-4-5-17-50-37-15-12-28(20-34(37)44)39(46)43-52(47,26(25)2)42-38(45)24-51-36-16-18-49-23-33(36)41/h6,9-10,12-13,15,19-20,25-26,30,32-33,35-36H,4-5,7-8,11,14,16-18,21-24H2,1-3H3,(H,42,43,45,46,47)/b9-6+. The van der Waals surface area contributed by atoms with Crippen molar-refractivity contribution in [3.8, 4) is 5.75 Å². The quantitative estimate of drug-likeness (QED) is 0.329. The number of carbonyl (C=O) groups is 2. The van der Waals surface area contributed by atoms with E-state index in [2.05, 4.69) is 26.1 Å². The Balaban J connectivity index is 1.40. The topological polar surface area (TPSA) is 116 Å². The van der Waals surface area contributed by atoms with Crippen molar-refractivity contribution in [2.24, 2.45) is 22.1 Å². The Labute approximate surface area is 312 Å². The first-order valence-electron chi connectivity index (χ1n) is 18.5. The molecule has 284 valence electrons. The van der Waals surface area contributed by atoms with Crippen LogP contribution in [0.1, 0.15) is 73.9 Å². The van der Waals surface area contributed by atoms with Gasteiger partial charge in [0.05, 0.1) is 36.4 Å². The van der Waals surface area contributed by atoms with Crippen LogP contribution < -0.4 is 14.4 Å². The van der Waals surface area contributed by atoms with Crippen molar-refractivity contribution in [3.05, 3.63) is 70.3 Å². The summed E-state index contributed by atoms with van der Waals surface area (Å²) in [6.07, 6.45) is 7.40. The van der Waals surface area contributed by atoms with Crippen molar-refractivity contribution in [2.45, 2.75) is 89.0 Å². The minimum atomic E-state index is -3.69. The number of allylic oxidation sites excluding steroid dienone is 1. The zero-order chi connectivity index (χ0) is 36.8. The van der Waals surface area contributed by atoms with E-state index in [1.54, 1.807) is 32.2 Å². The predicted molar refractivity (Wildman–Crippen MR) is 200 cm³/mol. The molecular formula is C39H51ClFN3O7S. The average Bonchev–Trinajstić information content (AvgIpc) is 3.14. The molecule has 10 nitrogen and oxygen atoms in total. The van der Waals surface area contributed by atoms with Gasteiger partial charge in [-0.3, -0.25) is 14.3 Å². The fraction of sp³-hybridized carbons (Fsp3) is 0.590. The number of carbonyl (C=O) groups excluding carboxylic acids is 2. The average molecular weight is 760 g/mol. The van der Waals surface area contributed by atoms with Gasteiger partial charge in [-0.25, -0.2) is 8.60 Å². The Morgan fingerprint density at radius 3 is 2.73 bits per heavy atom. The molecule has 0 aromatic heterocycles. The fourth-order valence-corrected chi connectivity index (χ4v) is 9.61. The summed E-state index contributed by atoms with van der Waals surface area (Å²) in [5, 5.41) is -0.0292. The number of methoxy groups -OCH3 is 1. The molecule has 3 heterocycles. The number of fused-ring (bicyclic) bond motifs is 3. The number of amides is 2. The van der Waals surface area contributed by atoms with Crippen molar-refractivity contribution >= 4 is 39.0 Å². The molecule has 4 aliphatic rings. The number of nitrogens with zero attached hydrogens (tertiary/aromatic N) is 2. The van der Waals surface area contributed by atoms with Crippen LogP contribution in [0.25, 0.3) is 0 Å². The first-order chi connectivity index (χ1) is 25.0. The number of nitrogens with one attached hydrogen (secondary N) is 1. The molecule has 52 heavy (non-hydrogen) atoms. The molecule has 2 aromatic rings. The van der Waals surface area contributed by atoms with Crippen LogP contribution in [-0.2, 0) is 41.9 Å². The highest BCUT2D eigenvalue weighted by atomic mass is 35.5. The van der Waals surface area contributed by atoms with Crippen molar-refractivity contribution in [2.75, 3.05) is 45.0 Å². The van der Waals surface area contributed by atoms with E-state index in [4.69, 9.17) is 30.5 Å². The van der Waals surface area contributed by atoms with Gasteiger partial charge in [-0.1, -0.05) is 36.7 Å². The van der Waals surface area contributed by atoms with Crippen LogP contribution in [0.3, 0.4) is 0 Å². The maximum Gasteiger partial charge on any atom is 0.286 e. The molecule has 8 atom stereocenters. The summed E-state index contributed by atoms with van der Waals surface area (Å²) < 4.78 is 59.0. The lowest BCUT2D eigenvalue weighted by molar-refractivity contribution is -0.132. The molecule has 1 aliphatic carbocycles. The second-order valence-electron chi connectivity index (χ2n) is 14.5. The molecule has 8 unspecified atom stereocenters. The van der Waals surface area contributed by atoms with Gasteiger partial charge in [-0.2, -0.15) is 0 Å². The van der Waals surface area contributed by atoms with E-state index in [0.717, 1.165) is 43.4 Å². The van der Waals surface area contributed by atoms with E-state index in [1.807, 2.05) is 25.1 Å². The molecule has 2 aromatic carbocycles. The van der Waals surface area contributed by atoms with Gasteiger partial charge in [-0.15, -0.1) is 4.36 Å². The summed E-state index contributed by atoms with van der Waals surface area (Å²) in [7, 11) is -1.95. The number of hydrogen-bond donors (Lipinski definition) is 1. The third-order valence-corrected chi connectivity index (χ3v) is 13.7. The first kappa shape index (κ1) is 38.7. The lowest BCUT2D eigenvalue weighted by Crippen LogP contribution is -2.44. The van der Waals surface area contributed by atoms with Crippen molar-refractivity contribution in [1.82, 2.24) is 4.72 Å². The Morgan fingerprint density at radius 1 is 1.12 bits per heavy atom. The number of benzene rings is 2. The largest absolute Gasteiger partial charge is 0.491 e. The summed E-state index contributed by atoms with van der Waals surface area (Å²) in [6, 6.07) is 11.2. The number of ether oxygens (including phenoxy) is 4. The predicted octanol–water partition coefficient (Wildman–Crippen LogP) is 6.87. The maximum atomic E-state index is 14.7. The van der Waals surface area contributed by atoms with Crippen molar-refractivity contribution in [1.29, 1.82) is 0 Å². The van der Waals surface area contributed by atoms with Crippen LogP contribution in [0.15, 0.2) is 52.9 Å². The van der Waals surface area contributed by atoms with E-state index in [1.165, 1.54) is 5.56 Å². The van der Waals surface area contributed by atoms with E-state index in [9.17, 15) is 18.2 Å². The molecule has 2 fully saturated rings. The maximum absolute atomic E-state index is 14.7. The van der Waals surface area contributed by atoms with E-state index >= 15 is 0 Å². The molecule has 0 spiro atoms. The van der Waals surface area contributed by atoms with Crippen LogP contribution in [-0.4, -0.2) is 79.7 Å². The molecule has 1 saturated carbocycles. The van der Waals surface area contributed by atoms with Crippen LogP contribution in [0.5, 0.6) is 5.75 Å². The minimum Gasteiger partial charge on any atom is -0.491 e. The zero-order valence-electron chi connectivity index (χ0n) is 30.3. The van der Waals surface area contributed by atoms with Gasteiger partial charge in [0.15, 0.2) is 0 Å². The Kier molecular flexibility index (Phi) is 13.0. The van der Waals surface area contributed by atoms with Gasteiger partial charge in [0.2, 0.25) is 0 Å². The molecule has 1 N–H and O–H groups in total. The number of aryl methyl sites for hydroxylation is 1. The van der Waals surface area contributed by atoms with Crippen LogP contribution in [0.4, 0.5) is 10.1 Å². The third kappa shape index (κ3) is 9.18. The summed E-state index contributed by atoms with van der Waals surface area (Å²) in [4.78, 5) is 29.6. The lowest BCUT2D eigenvalue weighted by Gasteiger charge is -2.43. The number of anilines is 1. The zero-order valence-corrected chi connectivity index (χ0v) is 31.8. The highest BCUT2D eigenvalue weighted by Gasteiger charge is 2.38. The van der Waals surface area contributed by atoms with Gasteiger partial charge >= 0.3 is 0 Å². The van der Waals surface area contributed by atoms with Gasteiger partial charge in [0.25, 0.3) is 11.8 Å². The highest BCUT2D eigenvalue weighted by molar-refractivity contribution is 7.93. The summed E-state index contributed by atoms with van der Waals surface area (Å²) in [5.41, 5.74) is 3.32. The Bertz CT molecular complexity index is 1750. The molecule has 2 amide bonds. The van der Waals surface area contributed by atoms with Crippen LogP contribution in [0.2, 0.25) is 5.02 Å². The fourth-order valence-electron chi connectivity index (χ4n) is 7.54. The van der Waals surface area contributed by atoms with E-state index < -0.39 is 45.9 Å². The monoisotopic (exact) mass is 759 g/mol. The molecule has 6 rings (SSSR count). The number of rotatable bonds is 5. The normalized spacial score (nSPS) is 32.1. The van der Waals surface area contributed by atoms with Crippen molar-refractivity contribution in [3.63, 3.8) is 0 Å². The molecule has 1 saturated heterocycles. The molecule has 2 bridgehead atoms. The number of halogens is 2. The van der Waals surface area contributed by atoms with Crippen molar-refractivity contribution < 1.29 is 37.1 Å². The second-order valence-corrected chi connectivity index (χ2v) is 17.3. The molecule has 0 radical (unpaired) electrons. The second kappa shape index (κ2) is 17.4. The van der Waals surface area contributed by atoms with Crippen LogP contribution in [0, 0.1) is 17.8 Å².